The van der Waals surface area contributed by atoms with E-state index in [9.17, 15) is 4.79 Å². The maximum Gasteiger partial charge on any atom is 0.307 e. The first-order valence-corrected chi connectivity index (χ1v) is 8.90. The van der Waals surface area contributed by atoms with E-state index in [4.69, 9.17) is 13.9 Å². The average Bonchev–Trinajstić information content (AvgIpc) is 3.40. The first kappa shape index (κ1) is 18.4. The van der Waals surface area contributed by atoms with Gasteiger partial charge in [0.1, 0.15) is 5.75 Å². The summed E-state index contributed by atoms with van der Waals surface area (Å²) in [4.78, 5) is 12.3. The fraction of sp³-hybridized carbons (Fsp3) is 0.0909. The van der Waals surface area contributed by atoms with Gasteiger partial charge in [-0.1, -0.05) is 12.1 Å². The first-order valence-electron chi connectivity index (χ1n) is 8.90. The molecule has 7 heteroatoms. The fourth-order valence-corrected chi connectivity index (χ4v) is 2.93. The monoisotopic (exact) mass is 389 g/mol. The SMILES string of the molecule is COc1ccc(-n2ccc(/C=N\NC(=O)c3cc4cccc(OC)c4o3)c2)cc1. The Morgan fingerprint density at radius 2 is 1.93 bits per heavy atom. The Kier molecular flexibility index (Phi) is 5.03. The number of carbonyl (C=O) groups excluding carboxylic acids is 1. The van der Waals surface area contributed by atoms with Crippen LogP contribution in [0, 0.1) is 0 Å². The van der Waals surface area contributed by atoms with Crippen molar-refractivity contribution in [3.63, 3.8) is 0 Å². The summed E-state index contributed by atoms with van der Waals surface area (Å²) in [5.74, 6) is 1.10. The maximum atomic E-state index is 12.3. The van der Waals surface area contributed by atoms with Gasteiger partial charge < -0.3 is 18.5 Å². The van der Waals surface area contributed by atoms with E-state index < -0.39 is 5.91 Å². The summed E-state index contributed by atoms with van der Waals surface area (Å²) in [7, 11) is 3.19. The lowest BCUT2D eigenvalue weighted by Crippen LogP contribution is -2.16. The molecule has 0 saturated carbocycles. The Balaban J connectivity index is 1.43. The summed E-state index contributed by atoms with van der Waals surface area (Å²) in [6, 6.07) is 16.7. The molecule has 146 valence electrons. The van der Waals surface area contributed by atoms with Crippen molar-refractivity contribution in [1.82, 2.24) is 9.99 Å². The standard InChI is InChI=1S/C22H19N3O4/c1-27-18-8-6-17(7-9-18)25-11-10-15(14-25)13-23-24-22(26)20-12-16-4-3-5-19(28-2)21(16)29-20/h3-14H,1-2H3,(H,24,26)/b23-13-. The second kappa shape index (κ2) is 7.93. The van der Waals surface area contributed by atoms with Crippen molar-refractivity contribution in [2.24, 2.45) is 5.10 Å². The minimum atomic E-state index is -0.436. The Bertz CT molecular complexity index is 1170. The smallest absolute Gasteiger partial charge is 0.307 e. The van der Waals surface area contributed by atoms with Crippen LogP contribution in [0.4, 0.5) is 0 Å². The highest BCUT2D eigenvalue weighted by atomic mass is 16.5. The molecule has 0 aliphatic heterocycles. The summed E-state index contributed by atoms with van der Waals surface area (Å²) in [5.41, 5.74) is 4.84. The summed E-state index contributed by atoms with van der Waals surface area (Å²) < 4.78 is 18.0. The molecule has 4 aromatic rings. The molecule has 0 saturated heterocycles. The van der Waals surface area contributed by atoms with Gasteiger partial charge >= 0.3 is 5.91 Å². The molecule has 7 nitrogen and oxygen atoms in total. The van der Waals surface area contributed by atoms with E-state index in [1.807, 2.05) is 59.4 Å². The molecule has 0 fully saturated rings. The minimum Gasteiger partial charge on any atom is -0.497 e. The van der Waals surface area contributed by atoms with Gasteiger partial charge in [0.2, 0.25) is 0 Å². The number of hydrogen-bond acceptors (Lipinski definition) is 5. The quantitative estimate of drug-likeness (QED) is 0.399. The fourth-order valence-electron chi connectivity index (χ4n) is 2.93. The molecular weight excluding hydrogens is 370 g/mol. The van der Waals surface area contributed by atoms with Crippen LogP contribution in [0.1, 0.15) is 16.1 Å². The number of methoxy groups -OCH3 is 2. The number of amides is 1. The third kappa shape index (κ3) is 3.84. The lowest BCUT2D eigenvalue weighted by molar-refractivity contribution is 0.0929. The number of furan rings is 1. The van der Waals surface area contributed by atoms with Gasteiger partial charge in [0.05, 0.1) is 20.4 Å². The normalized spacial score (nSPS) is 11.1. The van der Waals surface area contributed by atoms with Crippen LogP contribution in [-0.2, 0) is 0 Å². The molecule has 0 aliphatic carbocycles. The van der Waals surface area contributed by atoms with E-state index in [0.717, 1.165) is 22.4 Å². The average molecular weight is 389 g/mol. The van der Waals surface area contributed by atoms with Gasteiger partial charge in [0.15, 0.2) is 17.1 Å². The minimum absolute atomic E-state index is 0.164. The van der Waals surface area contributed by atoms with Gasteiger partial charge in [-0.3, -0.25) is 4.79 Å². The summed E-state index contributed by atoms with van der Waals surface area (Å²) in [5, 5.41) is 4.80. The zero-order chi connectivity index (χ0) is 20.2. The highest BCUT2D eigenvalue weighted by molar-refractivity contribution is 5.97. The third-order valence-electron chi connectivity index (χ3n) is 4.42. The van der Waals surface area contributed by atoms with Gasteiger partial charge in [0.25, 0.3) is 0 Å². The van der Waals surface area contributed by atoms with Crippen molar-refractivity contribution in [2.75, 3.05) is 14.2 Å². The molecule has 2 aromatic carbocycles. The van der Waals surface area contributed by atoms with Crippen LogP contribution < -0.4 is 14.9 Å². The van der Waals surface area contributed by atoms with E-state index in [1.54, 1.807) is 32.6 Å². The Hall–Kier alpha value is -4.00. The lowest BCUT2D eigenvalue weighted by Gasteiger charge is -2.04. The van der Waals surface area contributed by atoms with Crippen LogP contribution in [0.15, 0.2) is 76.5 Å². The zero-order valence-corrected chi connectivity index (χ0v) is 16.0. The van der Waals surface area contributed by atoms with Crippen molar-refractivity contribution in [3.8, 4) is 17.2 Å². The Morgan fingerprint density at radius 3 is 2.69 bits per heavy atom. The largest absolute Gasteiger partial charge is 0.497 e. The number of benzene rings is 2. The van der Waals surface area contributed by atoms with Gasteiger partial charge in [-0.25, -0.2) is 5.43 Å². The zero-order valence-electron chi connectivity index (χ0n) is 16.0. The van der Waals surface area contributed by atoms with E-state index in [2.05, 4.69) is 10.5 Å². The molecule has 0 unspecified atom stereocenters. The number of aromatic nitrogens is 1. The number of nitrogens with one attached hydrogen (secondary N) is 1. The van der Waals surface area contributed by atoms with Crippen LogP contribution in [0.3, 0.4) is 0 Å². The van der Waals surface area contributed by atoms with Crippen molar-refractivity contribution < 1.29 is 18.7 Å². The van der Waals surface area contributed by atoms with E-state index in [0.29, 0.717) is 11.3 Å². The molecule has 0 atom stereocenters. The molecule has 1 amide bonds. The number of nitrogens with zero attached hydrogens (tertiary/aromatic N) is 2. The van der Waals surface area contributed by atoms with Crippen LogP contribution >= 0.6 is 0 Å². The molecule has 0 bridgehead atoms. The molecule has 2 aromatic heterocycles. The number of fused-ring (bicyclic) bond motifs is 1. The molecule has 0 aliphatic rings. The molecule has 4 rings (SSSR count). The number of hydrazone groups is 1. The summed E-state index contributed by atoms with van der Waals surface area (Å²) in [6.45, 7) is 0. The van der Waals surface area contributed by atoms with Gasteiger partial charge in [-0.15, -0.1) is 0 Å². The number of hydrogen-bond donors (Lipinski definition) is 1. The van der Waals surface area contributed by atoms with Gasteiger partial charge in [0, 0.05) is 29.0 Å². The highest BCUT2D eigenvalue weighted by Gasteiger charge is 2.14. The van der Waals surface area contributed by atoms with Crippen molar-refractivity contribution in [3.05, 3.63) is 78.3 Å². The summed E-state index contributed by atoms with van der Waals surface area (Å²) in [6.07, 6.45) is 5.39. The first-order chi connectivity index (χ1) is 14.2. The molecule has 0 spiro atoms. The second-order valence-electron chi connectivity index (χ2n) is 6.24. The van der Waals surface area contributed by atoms with Crippen LogP contribution in [0.5, 0.6) is 11.5 Å². The predicted octanol–water partition coefficient (Wildman–Crippen LogP) is 4.00. The Labute approximate surface area is 167 Å². The number of rotatable bonds is 6. The van der Waals surface area contributed by atoms with E-state index in [-0.39, 0.29) is 5.76 Å². The van der Waals surface area contributed by atoms with Crippen molar-refractivity contribution >= 4 is 23.1 Å². The van der Waals surface area contributed by atoms with Gasteiger partial charge in [-0.2, -0.15) is 5.10 Å². The topological polar surface area (TPSA) is 78.0 Å². The predicted molar refractivity (Wildman–Crippen MR) is 110 cm³/mol. The number of carbonyl (C=O) groups is 1. The third-order valence-corrected chi connectivity index (χ3v) is 4.42. The maximum absolute atomic E-state index is 12.3. The second-order valence-corrected chi connectivity index (χ2v) is 6.24. The lowest BCUT2D eigenvalue weighted by atomic mass is 10.2. The van der Waals surface area contributed by atoms with Crippen LogP contribution in [-0.4, -0.2) is 30.9 Å². The number of ether oxygens (including phenoxy) is 2. The molecule has 2 heterocycles. The highest BCUT2D eigenvalue weighted by Crippen LogP contribution is 2.28. The Morgan fingerprint density at radius 1 is 1.10 bits per heavy atom. The van der Waals surface area contributed by atoms with Crippen LogP contribution in [0.25, 0.3) is 16.7 Å². The van der Waals surface area contributed by atoms with Crippen molar-refractivity contribution in [1.29, 1.82) is 0 Å². The molecular formula is C22H19N3O4. The molecule has 0 radical (unpaired) electrons. The summed E-state index contributed by atoms with van der Waals surface area (Å²) >= 11 is 0. The number of para-hydroxylation sites is 1. The van der Waals surface area contributed by atoms with E-state index >= 15 is 0 Å². The molecule has 29 heavy (non-hydrogen) atoms. The van der Waals surface area contributed by atoms with E-state index in [1.165, 1.54) is 0 Å². The van der Waals surface area contributed by atoms with Crippen LogP contribution in [0.2, 0.25) is 0 Å². The molecule has 1 N–H and O–H groups in total. The van der Waals surface area contributed by atoms with Gasteiger partial charge in [-0.05, 0) is 42.5 Å². The van der Waals surface area contributed by atoms with Crippen molar-refractivity contribution in [2.45, 2.75) is 0 Å².